The molecular weight excluding hydrogens is 136 g/mol. The maximum atomic E-state index is 10.4. The molecular formula is C6H8O4. The van der Waals surface area contributed by atoms with E-state index in [4.69, 9.17) is 10.2 Å². The summed E-state index contributed by atoms with van der Waals surface area (Å²) in [4.78, 5) is 20.3. The molecule has 0 fully saturated rings. The van der Waals surface area contributed by atoms with E-state index in [1.54, 1.807) is 0 Å². The minimum atomic E-state index is -1.06. The highest BCUT2D eigenvalue weighted by Gasteiger charge is 2.06. The molecule has 0 unspecified atom stereocenters. The SMILES string of the molecule is C=C(O)C(=O)CCC(=O)O. The lowest BCUT2D eigenvalue weighted by Crippen LogP contribution is -2.04. The lowest BCUT2D eigenvalue weighted by atomic mass is 10.2. The molecule has 0 saturated heterocycles. The van der Waals surface area contributed by atoms with Gasteiger partial charge in [-0.1, -0.05) is 6.58 Å². The number of carbonyl (C=O) groups is 2. The van der Waals surface area contributed by atoms with Gasteiger partial charge in [-0.25, -0.2) is 0 Å². The smallest absolute Gasteiger partial charge is 0.303 e. The molecule has 0 aromatic carbocycles. The second-order valence-corrected chi connectivity index (χ2v) is 1.76. The first-order valence-corrected chi connectivity index (χ1v) is 2.67. The van der Waals surface area contributed by atoms with Gasteiger partial charge in [0.15, 0.2) is 11.5 Å². The summed E-state index contributed by atoms with van der Waals surface area (Å²) in [7, 11) is 0. The molecule has 0 atom stereocenters. The number of hydrogen-bond acceptors (Lipinski definition) is 3. The van der Waals surface area contributed by atoms with Gasteiger partial charge in [-0.05, 0) is 0 Å². The number of carboxylic acids is 1. The van der Waals surface area contributed by atoms with Crippen molar-refractivity contribution < 1.29 is 19.8 Å². The summed E-state index contributed by atoms with van der Waals surface area (Å²) in [5, 5.41) is 16.5. The Morgan fingerprint density at radius 3 is 2.00 bits per heavy atom. The van der Waals surface area contributed by atoms with E-state index in [1.165, 1.54) is 0 Å². The fraction of sp³-hybridized carbons (Fsp3) is 0.333. The van der Waals surface area contributed by atoms with Crippen LogP contribution in [0.25, 0.3) is 0 Å². The average Bonchev–Trinajstić information content (AvgIpc) is 1.82. The molecule has 0 bridgehead atoms. The number of carbonyl (C=O) groups excluding carboxylic acids is 1. The van der Waals surface area contributed by atoms with Crippen LogP contribution in [0, 0.1) is 0 Å². The van der Waals surface area contributed by atoms with E-state index in [0.29, 0.717) is 0 Å². The third-order valence-electron chi connectivity index (χ3n) is 0.888. The molecule has 10 heavy (non-hydrogen) atoms. The van der Waals surface area contributed by atoms with E-state index in [-0.39, 0.29) is 12.8 Å². The van der Waals surface area contributed by atoms with Crippen LogP contribution >= 0.6 is 0 Å². The molecule has 0 radical (unpaired) electrons. The molecule has 0 aliphatic rings. The van der Waals surface area contributed by atoms with Gasteiger partial charge in [-0.2, -0.15) is 0 Å². The molecule has 0 aromatic rings. The normalized spacial score (nSPS) is 8.80. The second kappa shape index (κ2) is 3.66. The molecule has 0 rings (SSSR count). The number of hydrogen-bond donors (Lipinski definition) is 2. The van der Waals surface area contributed by atoms with E-state index in [2.05, 4.69) is 6.58 Å². The van der Waals surface area contributed by atoms with Crippen molar-refractivity contribution in [2.24, 2.45) is 0 Å². The van der Waals surface area contributed by atoms with Crippen LogP contribution in [0.5, 0.6) is 0 Å². The largest absolute Gasteiger partial charge is 0.505 e. The molecule has 2 N–H and O–H groups in total. The molecule has 0 heterocycles. The van der Waals surface area contributed by atoms with Gasteiger partial charge < -0.3 is 10.2 Å². The van der Waals surface area contributed by atoms with Crippen molar-refractivity contribution >= 4 is 11.8 Å². The van der Waals surface area contributed by atoms with Crippen LogP contribution < -0.4 is 0 Å². The summed E-state index contributed by atoms with van der Waals surface area (Å²) in [6.07, 6.45) is -0.455. The molecule has 0 spiro atoms. The third kappa shape index (κ3) is 3.65. The van der Waals surface area contributed by atoms with Crippen LogP contribution in [0.1, 0.15) is 12.8 Å². The van der Waals surface area contributed by atoms with Crippen molar-refractivity contribution in [3.63, 3.8) is 0 Å². The fourth-order valence-corrected chi connectivity index (χ4v) is 0.365. The Balaban J connectivity index is 3.60. The van der Waals surface area contributed by atoms with Crippen LogP contribution in [0.15, 0.2) is 12.3 Å². The molecule has 4 heteroatoms. The second-order valence-electron chi connectivity index (χ2n) is 1.76. The van der Waals surface area contributed by atoms with E-state index < -0.39 is 17.5 Å². The van der Waals surface area contributed by atoms with E-state index in [9.17, 15) is 9.59 Å². The van der Waals surface area contributed by atoms with Gasteiger partial charge in [0, 0.05) is 6.42 Å². The first kappa shape index (κ1) is 8.68. The highest BCUT2D eigenvalue weighted by atomic mass is 16.4. The Bertz CT molecular complexity index is 171. The van der Waals surface area contributed by atoms with Crippen molar-refractivity contribution in [3.8, 4) is 0 Å². The van der Waals surface area contributed by atoms with Crippen molar-refractivity contribution in [3.05, 3.63) is 12.3 Å². The van der Waals surface area contributed by atoms with Crippen LogP contribution in [-0.4, -0.2) is 22.0 Å². The lowest BCUT2D eigenvalue weighted by Gasteiger charge is -1.92. The van der Waals surface area contributed by atoms with Crippen LogP contribution in [0.4, 0.5) is 0 Å². The zero-order valence-corrected chi connectivity index (χ0v) is 5.33. The summed E-state index contributed by atoms with van der Waals surface area (Å²) < 4.78 is 0. The summed E-state index contributed by atoms with van der Waals surface area (Å²) in [5.74, 6) is -2.27. The molecule has 0 aromatic heterocycles. The number of aliphatic hydroxyl groups excluding tert-OH is 1. The predicted molar refractivity (Wildman–Crippen MR) is 33.6 cm³/mol. The number of carboxylic acid groups (broad SMARTS) is 1. The van der Waals surface area contributed by atoms with Gasteiger partial charge in [-0.3, -0.25) is 9.59 Å². The first-order valence-electron chi connectivity index (χ1n) is 2.67. The Morgan fingerprint density at radius 1 is 1.20 bits per heavy atom. The standard InChI is InChI=1S/C6H8O4/c1-4(7)5(8)2-3-6(9)10/h7H,1-3H2,(H,9,10). The number of rotatable bonds is 4. The van der Waals surface area contributed by atoms with Gasteiger partial charge in [-0.15, -0.1) is 0 Å². The summed E-state index contributed by atoms with van der Waals surface area (Å²) in [5.41, 5.74) is 0. The van der Waals surface area contributed by atoms with Gasteiger partial charge in [0.25, 0.3) is 0 Å². The summed E-state index contributed by atoms with van der Waals surface area (Å²) in [6, 6.07) is 0. The highest BCUT2D eigenvalue weighted by molar-refractivity contribution is 5.93. The van der Waals surface area contributed by atoms with Crippen molar-refractivity contribution in [1.82, 2.24) is 0 Å². The average molecular weight is 144 g/mol. The van der Waals surface area contributed by atoms with Crippen molar-refractivity contribution in [2.45, 2.75) is 12.8 Å². The van der Waals surface area contributed by atoms with Crippen LogP contribution in [-0.2, 0) is 9.59 Å². The monoisotopic (exact) mass is 144 g/mol. The molecule has 0 saturated carbocycles. The van der Waals surface area contributed by atoms with E-state index in [1.807, 2.05) is 0 Å². The quantitative estimate of drug-likeness (QED) is 0.444. The molecule has 4 nitrogen and oxygen atoms in total. The Labute approximate surface area is 57.8 Å². The Morgan fingerprint density at radius 2 is 1.70 bits per heavy atom. The first-order chi connectivity index (χ1) is 4.54. The van der Waals surface area contributed by atoms with Gasteiger partial charge in [0.1, 0.15) is 0 Å². The molecule has 0 aliphatic heterocycles. The number of Topliss-reactive ketones (excluding diaryl/α,β-unsaturated/α-hetero) is 1. The number of ketones is 1. The van der Waals surface area contributed by atoms with Gasteiger partial charge in [0.05, 0.1) is 6.42 Å². The minimum Gasteiger partial charge on any atom is -0.505 e. The van der Waals surface area contributed by atoms with Crippen molar-refractivity contribution in [1.29, 1.82) is 0 Å². The molecule has 0 aliphatic carbocycles. The maximum Gasteiger partial charge on any atom is 0.303 e. The minimum absolute atomic E-state index is 0.190. The lowest BCUT2D eigenvalue weighted by molar-refractivity contribution is -0.138. The third-order valence-corrected chi connectivity index (χ3v) is 0.888. The number of aliphatic carboxylic acids is 1. The number of allylic oxidation sites excluding steroid dienone is 1. The molecule has 56 valence electrons. The highest BCUT2D eigenvalue weighted by Crippen LogP contribution is 1.96. The summed E-state index contributed by atoms with van der Waals surface area (Å²) in [6.45, 7) is 2.95. The maximum absolute atomic E-state index is 10.4. The van der Waals surface area contributed by atoms with Crippen LogP contribution in [0.2, 0.25) is 0 Å². The fourth-order valence-electron chi connectivity index (χ4n) is 0.365. The van der Waals surface area contributed by atoms with Gasteiger partial charge >= 0.3 is 5.97 Å². The van der Waals surface area contributed by atoms with Crippen LogP contribution in [0.3, 0.4) is 0 Å². The number of aliphatic hydroxyl groups is 1. The molecule has 0 amide bonds. The predicted octanol–water partition coefficient (Wildman–Crippen LogP) is 0.492. The Kier molecular flexibility index (Phi) is 3.17. The zero-order valence-electron chi connectivity index (χ0n) is 5.33. The van der Waals surface area contributed by atoms with E-state index >= 15 is 0 Å². The summed E-state index contributed by atoms with van der Waals surface area (Å²) >= 11 is 0. The Hall–Kier alpha value is -1.32. The van der Waals surface area contributed by atoms with Crippen molar-refractivity contribution in [2.75, 3.05) is 0 Å². The van der Waals surface area contributed by atoms with Gasteiger partial charge in [0.2, 0.25) is 0 Å². The zero-order chi connectivity index (χ0) is 8.15. The van der Waals surface area contributed by atoms with E-state index in [0.717, 1.165) is 0 Å². The topological polar surface area (TPSA) is 74.6 Å².